The number of esters is 1. The van der Waals surface area contributed by atoms with Gasteiger partial charge >= 0.3 is 5.97 Å². The first-order valence-electron chi connectivity index (χ1n) is 17.6. The number of ether oxygens (including phenoxy) is 1. The molecule has 0 bridgehead atoms. The highest BCUT2D eigenvalue weighted by atomic mass is 32.2. The first-order chi connectivity index (χ1) is 24.4. The molecule has 0 saturated heterocycles. The molecule has 282 valence electrons. The molecule has 1 N–H and O–H groups in total. The number of likely N-dealkylation sites (N-methyl/N-ethyl adjacent to an activating group) is 1. The van der Waals surface area contributed by atoms with E-state index >= 15 is 0 Å². The minimum atomic E-state index is -4.67. The zero-order valence-corrected chi connectivity index (χ0v) is 32.2. The van der Waals surface area contributed by atoms with Gasteiger partial charge in [-0.3, -0.25) is 9.35 Å². The fourth-order valence-corrected chi connectivity index (χ4v) is 8.10. The van der Waals surface area contributed by atoms with Crippen LogP contribution in [0.1, 0.15) is 97.1 Å². The SMILES string of the molecule is CCN1C(=CC=CC2=[N+](CCCCCC(=O)OCCCCCCN=[N+]=[N-])c3ccc(S(=O)(=O)[O-])cc3C2(C)C)C(C)(C)c2cc(S(=O)(=O)O)ccc21. The molecule has 0 unspecified atom stereocenters. The first kappa shape index (κ1) is 40.8. The van der Waals surface area contributed by atoms with E-state index in [0.717, 1.165) is 72.4 Å². The number of allylic oxidation sites excluding steroid dienone is 4. The molecule has 15 heteroatoms. The van der Waals surface area contributed by atoms with Crippen molar-refractivity contribution in [1.29, 1.82) is 0 Å². The van der Waals surface area contributed by atoms with E-state index in [1.165, 1.54) is 24.3 Å². The summed E-state index contributed by atoms with van der Waals surface area (Å²) in [6, 6.07) is 9.11. The van der Waals surface area contributed by atoms with Crippen LogP contribution in [-0.4, -0.2) is 68.4 Å². The summed E-state index contributed by atoms with van der Waals surface area (Å²) in [5.41, 5.74) is 12.1. The smallest absolute Gasteiger partial charge is 0.305 e. The van der Waals surface area contributed by atoms with E-state index in [1.54, 1.807) is 12.1 Å². The predicted molar refractivity (Wildman–Crippen MR) is 199 cm³/mol. The van der Waals surface area contributed by atoms with Crippen molar-refractivity contribution in [1.82, 2.24) is 0 Å². The zero-order valence-electron chi connectivity index (χ0n) is 30.5. The van der Waals surface area contributed by atoms with E-state index in [1.807, 2.05) is 52.8 Å². The topological polar surface area (TPSA) is 193 Å². The Morgan fingerprint density at radius 1 is 0.962 bits per heavy atom. The Morgan fingerprint density at radius 3 is 2.31 bits per heavy atom. The van der Waals surface area contributed by atoms with Crippen LogP contribution < -0.4 is 4.90 Å². The molecular weight excluding hydrogens is 707 g/mol. The summed E-state index contributed by atoms with van der Waals surface area (Å²) in [6.45, 7) is 12.0. The lowest BCUT2D eigenvalue weighted by atomic mass is 9.81. The van der Waals surface area contributed by atoms with Gasteiger partial charge in [-0.05, 0) is 94.0 Å². The monoisotopic (exact) mass is 755 g/mol. The minimum Gasteiger partial charge on any atom is -0.744 e. The van der Waals surface area contributed by atoms with Crippen LogP contribution >= 0.6 is 0 Å². The van der Waals surface area contributed by atoms with Gasteiger partial charge < -0.3 is 14.2 Å². The van der Waals surface area contributed by atoms with Gasteiger partial charge in [0.2, 0.25) is 5.69 Å². The average molecular weight is 756 g/mol. The van der Waals surface area contributed by atoms with Crippen molar-refractivity contribution in [2.24, 2.45) is 5.11 Å². The number of hydrogen-bond acceptors (Lipinski definition) is 9. The van der Waals surface area contributed by atoms with Gasteiger partial charge in [-0.15, -0.1) is 0 Å². The van der Waals surface area contributed by atoms with Gasteiger partial charge in [-0.25, -0.2) is 8.42 Å². The second-order valence-corrected chi connectivity index (χ2v) is 16.9. The Kier molecular flexibility index (Phi) is 13.1. The number of hydrogen-bond donors (Lipinski definition) is 1. The first-order valence-corrected chi connectivity index (χ1v) is 20.5. The Hall–Kier alpha value is -4.01. The molecule has 0 saturated carbocycles. The van der Waals surface area contributed by atoms with Crippen molar-refractivity contribution in [3.05, 3.63) is 81.9 Å². The van der Waals surface area contributed by atoms with Gasteiger partial charge in [-0.2, -0.15) is 13.0 Å². The maximum atomic E-state index is 12.3. The molecule has 2 heterocycles. The molecule has 0 spiro atoms. The third-order valence-electron chi connectivity index (χ3n) is 9.88. The highest BCUT2D eigenvalue weighted by Gasteiger charge is 2.45. The molecule has 2 aromatic rings. The third kappa shape index (κ3) is 9.31. The van der Waals surface area contributed by atoms with Gasteiger partial charge in [0.25, 0.3) is 10.1 Å². The second-order valence-electron chi connectivity index (χ2n) is 14.1. The minimum absolute atomic E-state index is 0.160. The fraction of sp³-hybridized carbons (Fsp3) is 0.514. The molecule has 2 aromatic carbocycles. The Labute approximate surface area is 307 Å². The summed E-state index contributed by atoms with van der Waals surface area (Å²) in [6.07, 6.45) is 11.8. The fourth-order valence-electron chi connectivity index (χ4n) is 7.09. The molecule has 13 nitrogen and oxygen atoms in total. The van der Waals surface area contributed by atoms with E-state index in [-0.39, 0.29) is 15.8 Å². The van der Waals surface area contributed by atoms with E-state index in [9.17, 15) is 30.7 Å². The largest absolute Gasteiger partial charge is 0.744 e. The molecule has 52 heavy (non-hydrogen) atoms. The maximum Gasteiger partial charge on any atom is 0.305 e. The molecule has 0 aromatic heterocycles. The molecule has 2 aliphatic rings. The van der Waals surface area contributed by atoms with Crippen LogP contribution in [0.2, 0.25) is 0 Å². The lowest BCUT2D eigenvalue weighted by Gasteiger charge is -2.25. The van der Waals surface area contributed by atoms with E-state index in [0.29, 0.717) is 39.1 Å². The van der Waals surface area contributed by atoms with Crippen LogP contribution in [0.5, 0.6) is 0 Å². The molecule has 2 aliphatic heterocycles. The zero-order chi connectivity index (χ0) is 38.3. The number of azide groups is 1. The molecule has 0 amide bonds. The predicted octanol–water partition coefficient (Wildman–Crippen LogP) is 7.45. The van der Waals surface area contributed by atoms with Crippen LogP contribution in [-0.2, 0) is 40.6 Å². The van der Waals surface area contributed by atoms with E-state index in [2.05, 4.69) is 19.5 Å². The van der Waals surface area contributed by atoms with Crippen molar-refractivity contribution < 1.29 is 40.0 Å². The molecule has 4 rings (SSSR count). The van der Waals surface area contributed by atoms with Gasteiger partial charge in [0.1, 0.15) is 16.7 Å². The van der Waals surface area contributed by atoms with Gasteiger partial charge in [-0.1, -0.05) is 37.9 Å². The summed E-state index contributed by atoms with van der Waals surface area (Å²) in [5.74, 6) is -0.233. The Balaban J connectivity index is 1.51. The second kappa shape index (κ2) is 16.8. The summed E-state index contributed by atoms with van der Waals surface area (Å²) >= 11 is 0. The standard InChI is InChI=1S/C37H49N5O8S2/c1-6-41-31-20-18-27(51(44,45)46)25-29(31)36(2,3)33(41)15-14-16-34-37(4,5)30-26-28(52(47,48)49)19-21-32(30)42(34)23-12-9-10-17-35(43)50-24-13-8-7-11-22-39-40-38/h14-16,18-21,25-26H,6-13,17,22-24H2,1-5H3,(H-,44,45,46,47,48,49). The number of fused-ring (bicyclic) bond motifs is 2. The number of benzene rings is 2. The number of unbranched alkanes of at least 4 members (excludes halogenated alkanes) is 5. The lowest BCUT2D eigenvalue weighted by molar-refractivity contribution is -0.438. The summed E-state index contributed by atoms with van der Waals surface area (Å²) in [4.78, 5) is 16.7. The van der Waals surface area contributed by atoms with Gasteiger partial charge in [0, 0.05) is 65.3 Å². The number of rotatable bonds is 18. The summed E-state index contributed by atoms with van der Waals surface area (Å²) in [7, 11) is -9.05. The van der Waals surface area contributed by atoms with Crippen molar-refractivity contribution in [2.45, 2.75) is 107 Å². The summed E-state index contributed by atoms with van der Waals surface area (Å²) in [5, 5.41) is 3.51. The Bertz CT molecular complexity index is 2030. The van der Waals surface area contributed by atoms with Crippen LogP contribution in [0, 0.1) is 0 Å². The number of nitrogens with zero attached hydrogens (tertiary/aromatic N) is 5. The Morgan fingerprint density at radius 2 is 1.63 bits per heavy atom. The average Bonchev–Trinajstić information content (AvgIpc) is 3.42. The van der Waals surface area contributed by atoms with Gasteiger partial charge in [0.15, 0.2) is 5.71 Å². The van der Waals surface area contributed by atoms with E-state index in [4.69, 9.17) is 10.3 Å². The normalized spacial score (nSPS) is 17.1. The van der Waals surface area contributed by atoms with E-state index < -0.39 is 31.1 Å². The third-order valence-corrected chi connectivity index (χ3v) is 11.6. The van der Waals surface area contributed by atoms with Crippen molar-refractivity contribution in [3.8, 4) is 0 Å². The quantitative estimate of drug-likeness (QED) is 0.0306. The van der Waals surface area contributed by atoms with Crippen LogP contribution in [0.25, 0.3) is 10.4 Å². The van der Waals surface area contributed by atoms with Crippen molar-refractivity contribution in [2.75, 3.05) is 31.1 Å². The summed E-state index contributed by atoms with van der Waals surface area (Å²) < 4.78 is 76.9. The highest BCUT2D eigenvalue weighted by Crippen LogP contribution is 2.48. The molecular formula is C37H49N5O8S2. The molecule has 0 atom stereocenters. The number of carbonyl (C=O) groups excluding carboxylic acids is 1. The van der Waals surface area contributed by atoms with Crippen LogP contribution in [0.15, 0.2) is 75.2 Å². The molecule has 0 fully saturated rings. The van der Waals surface area contributed by atoms with Crippen molar-refractivity contribution in [3.63, 3.8) is 0 Å². The number of carbonyl (C=O) groups is 1. The highest BCUT2D eigenvalue weighted by molar-refractivity contribution is 7.86. The molecule has 0 aliphatic carbocycles. The number of anilines is 1. The lowest BCUT2D eigenvalue weighted by Crippen LogP contribution is -2.28. The van der Waals surface area contributed by atoms with Crippen LogP contribution in [0.3, 0.4) is 0 Å². The van der Waals surface area contributed by atoms with Crippen LogP contribution in [0.4, 0.5) is 11.4 Å². The molecule has 0 radical (unpaired) electrons. The maximum absolute atomic E-state index is 12.3. The van der Waals surface area contributed by atoms with Crippen molar-refractivity contribution >= 4 is 43.3 Å². The van der Waals surface area contributed by atoms with Gasteiger partial charge in [0.05, 0.1) is 21.8 Å².